The Bertz CT molecular complexity index is 664. The fraction of sp³-hybridized carbons (Fsp3) is 0.0769. The van der Waals surface area contributed by atoms with Crippen LogP contribution >= 0.6 is 15.9 Å². The van der Waals surface area contributed by atoms with E-state index in [0.717, 1.165) is 6.07 Å². The van der Waals surface area contributed by atoms with Crippen molar-refractivity contribution in [1.82, 2.24) is 0 Å². The van der Waals surface area contributed by atoms with Crippen LogP contribution in [0.3, 0.4) is 0 Å². The van der Waals surface area contributed by atoms with E-state index in [1.54, 1.807) is 19.2 Å². The first-order valence-corrected chi connectivity index (χ1v) is 6.40. The largest absolute Gasteiger partial charge is 0.450 e. The molecule has 2 rings (SSSR count). The second-order valence-electron chi connectivity index (χ2n) is 3.84. The van der Waals surface area contributed by atoms with Gasteiger partial charge in [0.25, 0.3) is 0 Å². The highest BCUT2D eigenvalue weighted by atomic mass is 79.9. The third-order valence-corrected chi connectivity index (χ3v) is 3.21. The van der Waals surface area contributed by atoms with E-state index >= 15 is 0 Å². The zero-order valence-electron chi connectivity index (χ0n) is 10.4. The summed E-state index contributed by atoms with van der Waals surface area (Å²) in [5.41, 5.74) is 0.128. The van der Waals surface area contributed by atoms with Crippen LogP contribution in [-0.4, -0.2) is 12.0 Å². The number of nitro groups is 1. The quantitative estimate of drug-likeness (QED) is 0.664. The van der Waals surface area contributed by atoms with Crippen LogP contribution in [-0.2, 0) is 0 Å². The Morgan fingerprint density at radius 3 is 2.70 bits per heavy atom. The van der Waals surface area contributed by atoms with Gasteiger partial charge in [0.15, 0.2) is 0 Å². The summed E-state index contributed by atoms with van der Waals surface area (Å²) in [6, 6.07) is 8.77. The molecule has 0 aliphatic rings. The van der Waals surface area contributed by atoms with Gasteiger partial charge in [0.05, 0.1) is 9.40 Å². The van der Waals surface area contributed by atoms with E-state index in [2.05, 4.69) is 21.2 Å². The lowest BCUT2D eigenvalue weighted by molar-refractivity contribution is -0.384. The highest BCUT2D eigenvalue weighted by Gasteiger charge is 2.21. The summed E-state index contributed by atoms with van der Waals surface area (Å²) in [5, 5.41) is 13.8. The van der Waals surface area contributed by atoms with Crippen LogP contribution in [0.25, 0.3) is 0 Å². The Morgan fingerprint density at radius 2 is 2.10 bits per heavy atom. The first kappa shape index (κ1) is 14.3. The average Bonchev–Trinajstić information content (AvgIpc) is 2.42. The Morgan fingerprint density at radius 1 is 1.35 bits per heavy atom. The van der Waals surface area contributed by atoms with Crippen LogP contribution in [0.5, 0.6) is 11.5 Å². The van der Waals surface area contributed by atoms with Crippen LogP contribution in [0, 0.1) is 15.9 Å². The molecular formula is C13H10BrFN2O3. The molecule has 20 heavy (non-hydrogen) atoms. The number of benzene rings is 2. The van der Waals surface area contributed by atoms with Gasteiger partial charge in [-0.1, -0.05) is 6.07 Å². The molecule has 0 heterocycles. The zero-order valence-corrected chi connectivity index (χ0v) is 12.0. The van der Waals surface area contributed by atoms with Crippen molar-refractivity contribution in [2.24, 2.45) is 0 Å². The van der Waals surface area contributed by atoms with Crippen LogP contribution in [0.1, 0.15) is 0 Å². The van der Waals surface area contributed by atoms with Gasteiger partial charge in [-0.25, -0.2) is 4.39 Å². The van der Waals surface area contributed by atoms with Gasteiger partial charge in [-0.15, -0.1) is 0 Å². The molecule has 0 aromatic heterocycles. The van der Waals surface area contributed by atoms with Gasteiger partial charge in [-0.05, 0) is 40.2 Å². The van der Waals surface area contributed by atoms with Crippen molar-refractivity contribution < 1.29 is 14.1 Å². The van der Waals surface area contributed by atoms with Crippen molar-refractivity contribution in [1.29, 1.82) is 0 Å². The van der Waals surface area contributed by atoms with E-state index in [1.165, 1.54) is 18.2 Å². The minimum atomic E-state index is -0.545. The van der Waals surface area contributed by atoms with Crippen LogP contribution < -0.4 is 10.1 Å². The Labute approximate surface area is 122 Å². The summed E-state index contributed by atoms with van der Waals surface area (Å²) in [6.07, 6.45) is 0. The third-order valence-electron chi connectivity index (χ3n) is 2.57. The number of hydrogen-bond acceptors (Lipinski definition) is 4. The summed E-state index contributed by atoms with van der Waals surface area (Å²) in [7, 11) is 1.57. The normalized spacial score (nSPS) is 10.2. The first-order chi connectivity index (χ1) is 9.52. The molecule has 0 fully saturated rings. The van der Waals surface area contributed by atoms with Crippen molar-refractivity contribution in [3.8, 4) is 11.5 Å². The third kappa shape index (κ3) is 2.88. The highest BCUT2D eigenvalue weighted by molar-refractivity contribution is 9.10. The second-order valence-corrected chi connectivity index (χ2v) is 4.69. The molecule has 0 unspecified atom stereocenters. The summed E-state index contributed by atoms with van der Waals surface area (Å²) < 4.78 is 19.1. The van der Waals surface area contributed by atoms with Gasteiger partial charge in [0, 0.05) is 13.1 Å². The standard InChI is InChI=1S/C13H10BrFN2O3/c1-16-11-3-2-4-12(13(11)17(18)19)20-8-5-6-9(14)10(15)7-8/h2-7,16H,1H3. The number of ether oxygens (including phenoxy) is 1. The molecule has 0 atom stereocenters. The molecule has 0 radical (unpaired) electrons. The van der Waals surface area contributed by atoms with Crippen LogP contribution in [0.4, 0.5) is 15.8 Å². The first-order valence-electron chi connectivity index (χ1n) is 5.61. The van der Waals surface area contributed by atoms with E-state index < -0.39 is 10.7 Å². The van der Waals surface area contributed by atoms with Gasteiger partial charge in [0.2, 0.25) is 5.75 Å². The fourth-order valence-corrected chi connectivity index (χ4v) is 1.91. The molecule has 0 bridgehead atoms. The highest BCUT2D eigenvalue weighted by Crippen LogP contribution is 2.37. The lowest BCUT2D eigenvalue weighted by atomic mass is 10.2. The molecule has 0 saturated carbocycles. The lowest BCUT2D eigenvalue weighted by Crippen LogP contribution is -1.99. The molecule has 0 spiro atoms. The van der Waals surface area contributed by atoms with Gasteiger partial charge in [-0.3, -0.25) is 10.1 Å². The molecule has 2 aromatic rings. The zero-order chi connectivity index (χ0) is 14.7. The van der Waals surface area contributed by atoms with Gasteiger partial charge in [0.1, 0.15) is 17.3 Å². The molecule has 0 amide bonds. The van der Waals surface area contributed by atoms with Crippen LogP contribution in [0.15, 0.2) is 40.9 Å². The molecule has 2 aromatic carbocycles. The number of para-hydroxylation sites is 1. The molecule has 7 heteroatoms. The molecule has 0 aliphatic carbocycles. The Balaban J connectivity index is 2.42. The number of nitro benzene ring substituents is 1. The van der Waals surface area contributed by atoms with E-state index in [1.807, 2.05) is 0 Å². The van der Waals surface area contributed by atoms with Crippen molar-refractivity contribution in [2.45, 2.75) is 0 Å². The van der Waals surface area contributed by atoms with Gasteiger partial charge >= 0.3 is 5.69 Å². The summed E-state index contributed by atoms with van der Waals surface area (Å²) in [4.78, 5) is 10.6. The minimum Gasteiger partial charge on any atom is -0.450 e. The number of halogens is 2. The monoisotopic (exact) mass is 340 g/mol. The summed E-state index contributed by atoms with van der Waals surface area (Å²) >= 11 is 3.03. The molecule has 0 saturated heterocycles. The molecule has 104 valence electrons. The number of rotatable bonds is 4. The SMILES string of the molecule is CNc1cccc(Oc2ccc(Br)c(F)c2)c1[N+](=O)[O-]. The van der Waals surface area contributed by atoms with Crippen molar-refractivity contribution in [2.75, 3.05) is 12.4 Å². The predicted octanol–water partition coefficient (Wildman–Crippen LogP) is 4.33. The van der Waals surface area contributed by atoms with E-state index in [4.69, 9.17) is 4.74 Å². The average molecular weight is 341 g/mol. The predicted molar refractivity (Wildman–Crippen MR) is 76.8 cm³/mol. The van der Waals surface area contributed by atoms with Crippen molar-refractivity contribution in [3.63, 3.8) is 0 Å². The topological polar surface area (TPSA) is 64.4 Å². The van der Waals surface area contributed by atoms with Crippen molar-refractivity contribution >= 4 is 27.3 Å². The van der Waals surface area contributed by atoms with Crippen LogP contribution in [0.2, 0.25) is 0 Å². The smallest absolute Gasteiger partial charge is 0.334 e. The molecule has 1 N–H and O–H groups in total. The lowest BCUT2D eigenvalue weighted by Gasteiger charge is -2.09. The molecule has 0 aliphatic heterocycles. The van der Waals surface area contributed by atoms with E-state index in [-0.39, 0.29) is 17.2 Å². The number of nitrogens with zero attached hydrogens (tertiary/aromatic N) is 1. The summed E-state index contributed by atoms with van der Waals surface area (Å²) in [5.74, 6) is -0.277. The second kappa shape index (κ2) is 5.87. The fourth-order valence-electron chi connectivity index (χ4n) is 1.66. The van der Waals surface area contributed by atoms with E-state index in [9.17, 15) is 14.5 Å². The minimum absolute atomic E-state index is 0.0450. The number of anilines is 1. The summed E-state index contributed by atoms with van der Waals surface area (Å²) in [6.45, 7) is 0. The van der Waals surface area contributed by atoms with Gasteiger partial charge < -0.3 is 10.1 Å². The van der Waals surface area contributed by atoms with Crippen molar-refractivity contribution in [3.05, 3.63) is 56.8 Å². The molecule has 5 nitrogen and oxygen atoms in total. The number of nitrogens with one attached hydrogen (secondary N) is 1. The Hall–Kier alpha value is -2.15. The van der Waals surface area contributed by atoms with E-state index in [0.29, 0.717) is 10.2 Å². The number of hydrogen-bond donors (Lipinski definition) is 1. The van der Waals surface area contributed by atoms with Gasteiger partial charge in [-0.2, -0.15) is 0 Å². The maximum absolute atomic E-state index is 13.4. The molecular weight excluding hydrogens is 331 g/mol. The Kier molecular flexibility index (Phi) is 4.19. The maximum atomic E-state index is 13.4. The maximum Gasteiger partial charge on any atom is 0.334 e.